The van der Waals surface area contributed by atoms with Gasteiger partial charge in [-0.1, -0.05) is 26.0 Å². The molecule has 2 nitrogen and oxygen atoms in total. The molecule has 1 aliphatic heterocycles. The van der Waals surface area contributed by atoms with E-state index in [0.717, 1.165) is 24.5 Å². The van der Waals surface area contributed by atoms with Crippen molar-refractivity contribution >= 4 is 6.72 Å². The van der Waals surface area contributed by atoms with Gasteiger partial charge in [-0.15, -0.1) is 0 Å². The van der Waals surface area contributed by atoms with Crippen molar-refractivity contribution in [1.29, 1.82) is 0 Å². The van der Waals surface area contributed by atoms with E-state index in [-0.39, 0.29) is 0 Å². The summed E-state index contributed by atoms with van der Waals surface area (Å²) in [5.74, 6) is 0.972. The lowest BCUT2D eigenvalue weighted by molar-refractivity contribution is 0.423. The van der Waals surface area contributed by atoms with Crippen LogP contribution in [-0.2, 0) is 0 Å². The number of allylic oxidation sites excluding steroid dienone is 2. The molecule has 0 aromatic rings. The van der Waals surface area contributed by atoms with Crippen molar-refractivity contribution < 1.29 is 0 Å². The molecule has 0 amide bonds. The fourth-order valence-electron chi connectivity index (χ4n) is 1.40. The van der Waals surface area contributed by atoms with Crippen molar-refractivity contribution in [2.24, 2.45) is 4.99 Å². The highest BCUT2D eigenvalue weighted by Gasteiger charge is 2.12. The summed E-state index contributed by atoms with van der Waals surface area (Å²) in [6.07, 6.45) is 4.52. The largest absolute Gasteiger partial charge is 0.357 e. The predicted octanol–water partition coefficient (Wildman–Crippen LogP) is 3.23. The van der Waals surface area contributed by atoms with Crippen LogP contribution in [-0.4, -0.2) is 24.7 Å². The lowest BCUT2D eigenvalue weighted by Crippen LogP contribution is -2.17. The maximum Gasteiger partial charge on any atom is 0.127 e. The van der Waals surface area contributed by atoms with Gasteiger partial charge in [0.15, 0.2) is 0 Å². The minimum absolute atomic E-state index is 0.972. The molecule has 2 heteroatoms. The van der Waals surface area contributed by atoms with E-state index in [1.807, 2.05) is 26.8 Å². The Morgan fingerprint density at radius 2 is 1.79 bits per heavy atom. The lowest BCUT2D eigenvalue weighted by Gasteiger charge is -2.17. The first-order valence-corrected chi connectivity index (χ1v) is 5.33. The molecule has 0 bridgehead atoms. The standard InChI is InChI=1S/C10H16N2.C2H6/c1-9(2)8-10(11-3)12-6-4-5-7-12;1-2/h8H,1,3-7H2,2H3;1-2H3/b10-8+;. The number of hydrogen-bond donors (Lipinski definition) is 0. The Kier molecular flexibility index (Phi) is 6.81. The molecule has 0 spiro atoms. The van der Waals surface area contributed by atoms with Gasteiger partial charge in [-0.3, -0.25) is 0 Å². The minimum atomic E-state index is 0.972. The van der Waals surface area contributed by atoms with Crippen molar-refractivity contribution in [3.05, 3.63) is 24.0 Å². The molecule has 0 radical (unpaired) electrons. The Morgan fingerprint density at radius 1 is 1.29 bits per heavy atom. The Labute approximate surface area is 88.0 Å². The lowest BCUT2D eigenvalue weighted by atomic mass is 10.3. The summed E-state index contributed by atoms with van der Waals surface area (Å²) in [7, 11) is 0. The van der Waals surface area contributed by atoms with Crippen LogP contribution in [0.5, 0.6) is 0 Å². The van der Waals surface area contributed by atoms with Gasteiger partial charge in [-0.25, -0.2) is 4.99 Å². The number of likely N-dealkylation sites (tertiary alicyclic amines) is 1. The van der Waals surface area contributed by atoms with Crippen LogP contribution in [0, 0.1) is 0 Å². The molecule has 0 atom stereocenters. The summed E-state index contributed by atoms with van der Waals surface area (Å²) in [4.78, 5) is 6.24. The number of rotatable bonds is 3. The van der Waals surface area contributed by atoms with Crippen LogP contribution in [0.15, 0.2) is 29.0 Å². The van der Waals surface area contributed by atoms with Gasteiger partial charge >= 0.3 is 0 Å². The molecule has 1 rings (SSSR count). The minimum Gasteiger partial charge on any atom is -0.357 e. The average Bonchev–Trinajstić information content (AvgIpc) is 2.70. The van der Waals surface area contributed by atoms with Gasteiger partial charge in [0, 0.05) is 13.1 Å². The van der Waals surface area contributed by atoms with Gasteiger partial charge in [0.25, 0.3) is 0 Å². The van der Waals surface area contributed by atoms with E-state index in [1.165, 1.54) is 12.8 Å². The Hall–Kier alpha value is -1.05. The molecular formula is C12H22N2. The van der Waals surface area contributed by atoms with E-state index in [0.29, 0.717) is 0 Å². The first kappa shape index (κ1) is 12.9. The third-order valence-electron chi connectivity index (χ3n) is 1.97. The molecular weight excluding hydrogens is 172 g/mol. The summed E-state index contributed by atoms with van der Waals surface area (Å²) in [6.45, 7) is 15.6. The van der Waals surface area contributed by atoms with Crippen molar-refractivity contribution in [2.45, 2.75) is 33.6 Å². The quantitative estimate of drug-likeness (QED) is 0.497. The summed E-state index contributed by atoms with van der Waals surface area (Å²) in [6, 6.07) is 0. The second-order valence-electron chi connectivity index (χ2n) is 3.20. The molecule has 1 fully saturated rings. The molecule has 0 saturated carbocycles. The summed E-state index contributed by atoms with van der Waals surface area (Å²) >= 11 is 0. The van der Waals surface area contributed by atoms with E-state index >= 15 is 0 Å². The highest BCUT2D eigenvalue weighted by Crippen LogP contribution is 2.16. The number of nitrogens with zero attached hydrogens (tertiary/aromatic N) is 2. The maximum absolute atomic E-state index is 3.99. The maximum atomic E-state index is 3.99. The molecule has 0 aromatic carbocycles. The Bertz CT molecular complexity index is 210. The summed E-state index contributed by atoms with van der Waals surface area (Å²) in [5, 5.41) is 0. The van der Waals surface area contributed by atoms with Crippen molar-refractivity contribution in [3.8, 4) is 0 Å². The zero-order valence-corrected chi connectivity index (χ0v) is 9.71. The van der Waals surface area contributed by atoms with E-state index in [1.54, 1.807) is 0 Å². The highest BCUT2D eigenvalue weighted by molar-refractivity contribution is 5.31. The SMILES string of the molecule is C=N/C(=C\C(=C)C)N1CCCC1.CC. The van der Waals surface area contributed by atoms with Gasteiger partial charge in [0.05, 0.1) is 0 Å². The molecule has 0 unspecified atom stereocenters. The zero-order valence-electron chi connectivity index (χ0n) is 9.71. The summed E-state index contributed by atoms with van der Waals surface area (Å²) < 4.78 is 0. The van der Waals surface area contributed by atoms with E-state index in [2.05, 4.69) is 23.2 Å². The van der Waals surface area contributed by atoms with Crippen LogP contribution in [0.25, 0.3) is 0 Å². The Morgan fingerprint density at radius 3 is 2.14 bits per heavy atom. The molecule has 0 N–H and O–H groups in total. The van der Waals surface area contributed by atoms with Gasteiger partial charge < -0.3 is 4.90 Å². The van der Waals surface area contributed by atoms with Crippen molar-refractivity contribution in [1.82, 2.24) is 4.90 Å². The van der Waals surface area contributed by atoms with Crippen molar-refractivity contribution in [3.63, 3.8) is 0 Å². The molecule has 80 valence electrons. The molecule has 0 aromatic heterocycles. The van der Waals surface area contributed by atoms with E-state index < -0.39 is 0 Å². The Balaban J connectivity index is 0.000000791. The van der Waals surface area contributed by atoms with Crippen LogP contribution in [0.1, 0.15) is 33.6 Å². The first-order chi connectivity index (χ1) is 6.74. The average molecular weight is 194 g/mol. The van der Waals surface area contributed by atoms with Crippen molar-refractivity contribution in [2.75, 3.05) is 13.1 Å². The van der Waals surface area contributed by atoms with Crippen LogP contribution in [0.2, 0.25) is 0 Å². The van der Waals surface area contributed by atoms with Crippen LogP contribution < -0.4 is 0 Å². The van der Waals surface area contributed by atoms with Gasteiger partial charge in [0.2, 0.25) is 0 Å². The van der Waals surface area contributed by atoms with E-state index in [4.69, 9.17) is 0 Å². The van der Waals surface area contributed by atoms with E-state index in [9.17, 15) is 0 Å². The highest BCUT2D eigenvalue weighted by atomic mass is 15.2. The fourth-order valence-corrected chi connectivity index (χ4v) is 1.40. The fraction of sp³-hybridized carbons (Fsp3) is 0.583. The predicted molar refractivity (Wildman–Crippen MR) is 64.6 cm³/mol. The molecule has 1 heterocycles. The van der Waals surface area contributed by atoms with Gasteiger partial charge in [-0.05, 0) is 32.6 Å². The molecule has 0 aliphatic carbocycles. The summed E-state index contributed by atoms with van der Waals surface area (Å²) in [5.41, 5.74) is 1.03. The smallest absolute Gasteiger partial charge is 0.127 e. The second kappa shape index (κ2) is 7.36. The monoisotopic (exact) mass is 194 g/mol. The first-order valence-electron chi connectivity index (χ1n) is 5.33. The number of aliphatic imine (C=N–C) groups is 1. The molecule has 1 aliphatic rings. The molecule has 14 heavy (non-hydrogen) atoms. The molecule has 1 saturated heterocycles. The van der Waals surface area contributed by atoms with Gasteiger partial charge in [0.1, 0.15) is 5.82 Å². The van der Waals surface area contributed by atoms with Crippen LogP contribution >= 0.6 is 0 Å². The third-order valence-corrected chi connectivity index (χ3v) is 1.97. The van der Waals surface area contributed by atoms with Gasteiger partial charge in [-0.2, -0.15) is 0 Å². The van der Waals surface area contributed by atoms with Crippen LogP contribution in [0.4, 0.5) is 0 Å². The zero-order chi connectivity index (χ0) is 11.0. The third kappa shape index (κ3) is 4.26. The topological polar surface area (TPSA) is 15.6 Å². The van der Waals surface area contributed by atoms with Crippen LogP contribution in [0.3, 0.4) is 0 Å². The second-order valence-corrected chi connectivity index (χ2v) is 3.20. The normalized spacial score (nSPS) is 15.9. The number of hydrogen-bond acceptors (Lipinski definition) is 2.